The van der Waals surface area contributed by atoms with Crippen molar-refractivity contribution in [3.05, 3.63) is 57.6 Å². The van der Waals surface area contributed by atoms with E-state index in [0.29, 0.717) is 5.76 Å². The molecule has 0 N–H and O–H groups in total. The van der Waals surface area contributed by atoms with Gasteiger partial charge in [0, 0.05) is 16.5 Å². The molecule has 0 amide bonds. The minimum absolute atomic E-state index is 0.311. The quantitative estimate of drug-likeness (QED) is 0.694. The molecule has 0 unspecified atom stereocenters. The first-order valence-corrected chi connectivity index (χ1v) is 6.82. The van der Waals surface area contributed by atoms with E-state index in [0.717, 1.165) is 15.3 Å². The summed E-state index contributed by atoms with van der Waals surface area (Å²) in [6, 6.07) is 11.2. The Balaban J connectivity index is 2.26. The zero-order valence-electron chi connectivity index (χ0n) is 8.75. The number of rotatable bonds is 2. The highest BCUT2D eigenvalue weighted by Crippen LogP contribution is 2.35. The van der Waals surface area contributed by atoms with E-state index in [1.807, 2.05) is 41.1 Å². The molecule has 3 rings (SSSR count). The Morgan fingerprint density at radius 3 is 2.24 bits per heavy atom. The smallest absolute Gasteiger partial charge is 0.336 e. The molecule has 0 aliphatic carbocycles. The zero-order valence-corrected chi connectivity index (χ0v) is 10.4. The van der Waals surface area contributed by atoms with Gasteiger partial charge in [-0.2, -0.15) is 0 Å². The van der Waals surface area contributed by atoms with Gasteiger partial charge >= 0.3 is 5.63 Å². The molecule has 84 valence electrons. The van der Waals surface area contributed by atoms with Crippen molar-refractivity contribution < 1.29 is 4.42 Å². The Morgan fingerprint density at radius 2 is 1.59 bits per heavy atom. The van der Waals surface area contributed by atoms with Crippen LogP contribution < -0.4 is 5.63 Å². The summed E-state index contributed by atoms with van der Waals surface area (Å²) < 4.78 is 5.34. The highest BCUT2D eigenvalue weighted by molar-refractivity contribution is 7.14. The fourth-order valence-corrected chi connectivity index (χ4v) is 3.10. The molecule has 4 heteroatoms. The van der Waals surface area contributed by atoms with Crippen LogP contribution in [0.1, 0.15) is 0 Å². The molecule has 3 heterocycles. The van der Waals surface area contributed by atoms with Gasteiger partial charge in [0.05, 0.1) is 4.88 Å². The summed E-state index contributed by atoms with van der Waals surface area (Å²) in [5.74, 6) is 0.662. The molecule has 3 aromatic rings. The van der Waals surface area contributed by atoms with Crippen LogP contribution in [-0.4, -0.2) is 0 Å². The van der Waals surface area contributed by atoms with Crippen LogP contribution in [0.2, 0.25) is 0 Å². The summed E-state index contributed by atoms with van der Waals surface area (Å²) in [6.45, 7) is 0. The van der Waals surface area contributed by atoms with Gasteiger partial charge in [0.15, 0.2) is 5.76 Å². The van der Waals surface area contributed by atoms with Crippen molar-refractivity contribution in [2.45, 2.75) is 0 Å². The molecule has 0 saturated heterocycles. The molecule has 0 spiro atoms. The fourth-order valence-electron chi connectivity index (χ4n) is 1.63. The largest absolute Gasteiger partial charge is 0.421 e. The maximum Gasteiger partial charge on any atom is 0.336 e. The highest BCUT2D eigenvalue weighted by Gasteiger charge is 2.12. The van der Waals surface area contributed by atoms with Gasteiger partial charge in [0.25, 0.3) is 0 Å². The first-order chi connectivity index (χ1) is 8.34. The summed E-state index contributed by atoms with van der Waals surface area (Å²) in [5.41, 5.74) is 0.663. The van der Waals surface area contributed by atoms with Gasteiger partial charge in [0.1, 0.15) is 0 Å². The van der Waals surface area contributed by atoms with Crippen molar-refractivity contribution in [1.29, 1.82) is 0 Å². The van der Waals surface area contributed by atoms with Gasteiger partial charge in [-0.25, -0.2) is 4.79 Å². The minimum Gasteiger partial charge on any atom is -0.421 e. The van der Waals surface area contributed by atoms with Gasteiger partial charge in [-0.3, -0.25) is 0 Å². The van der Waals surface area contributed by atoms with E-state index in [1.165, 1.54) is 6.07 Å². The molecule has 0 fully saturated rings. The average Bonchev–Trinajstić information content (AvgIpc) is 3.02. The molecule has 0 radical (unpaired) electrons. The van der Waals surface area contributed by atoms with Crippen LogP contribution in [0, 0.1) is 0 Å². The Morgan fingerprint density at radius 1 is 0.882 bits per heavy atom. The highest BCUT2D eigenvalue weighted by atomic mass is 32.1. The first-order valence-electron chi connectivity index (χ1n) is 5.06. The summed E-state index contributed by atoms with van der Waals surface area (Å²) >= 11 is 3.20. The van der Waals surface area contributed by atoms with E-state index in [4.69, 9.17) is 4.42 Å². The van der Waals surface area contributed by atoms with E-state index in [-0.39, 0.29) is 5.63 Å². The molecule has 0 aliphatic heterocycles. The van der Waals surface area contributed by atoms with Crippen LogP contribution in [0.3, 0.4) is 0 Å². The van der Waals surface area contributed by atoms with Crippen LogP contribution >= 0.6 is 22.7 Å². The van der Waals surface area contributed by atoms with Crippen LogP contribution in [0.4, 0.5) is 0 Å². The van der Waals surface area contributed by atoms with Gasteiger partial charge in [-0.15, -0.1) is 22.7 Å². The fraction of sp³-hybridized carbons (Fsp3) is 0. The third-order valence-electron chi connectivity index (χ3n) is 2.36. The Hall–Kier alpha value is -1.65. The molecule has 0 atom stereocenters. The Bertz CT molecular complexity index is 664. The lowest BCUT2D eigenvalue weighted by Crippen LogP contribution is -1.97. The van der Waals surface area contributed by atoms with E-state index in [2.05, 4.69) is 0 Å². The second-order valence-electron chi connectivity index (χ2n) is 3.45. The van der Waals surface area contributed by atoms with Crippen molar-refractivity contribution in [3.63, 3.8) is 0 Å². The number of thiophene rings is 2. The van der Waals surface area contributed by atoms with E-state index >= 15 is 0 Å². The summed E-state index contributed by atoms with van der Waals surface area (Å²) in [4.78, 5) is 13.4. The molecule has 17 heavy (non-hydrogen) atoms. The van der Waals surface area contributed by atoms with E-state index in [9.17, 15) is 4.79 Å². The van der Waals surface area contributed by atoms with Gasteiger partial charge in [0.2, 0.25) is 0 Å². The third kappa shape index (κ3) is 1.97. The lowest BCUT2D eigenvalue weighted by molar-refractivity contribution is 0.529. The van der Waals surface area contributed by atoms with Crippen molar-refractivity contribution in [1.82, 2.24) is 0 Å². The molecule has 0 aromatic carbocycles. The topological polar surface area (TPSA) is 30.2 Å². The molecule has 0 bridgehead atoms. The Kier molecular flexibility index (Phi) is 2.66. The zero-order chi connectivity index (χ0) is 11.7. The second-order valence-corrected chi connectivity index (χ2v) is 5.35. The number of hydrogen-bond donors (Lipinski definition) is 0. The van der Waals surface area contributed by atoms with Crippen molar-refractivity contribution >= 4 is 22.7 Å². The maximum atomic E-state index is 11.3. The molecular formula is C13H8O2S2. The van der Waals surface area contributed by atoms with Gasteiger partial charge in [-0.1, -0.05) is 12.1 Å². The minimum atomic E-state index is -0.311. The van der Waals surface area contributed by atoms with Crippen LogP contribution in [0.5, 0.6) is 0 Å². The average molecular weight is 260 g/mol. The van der Waals surface area contributed by atoms with Crippen LogP contribution in [0.25, 0.3) is 21.1 Å². The SMILES string of the molecule is O=c1ccc(-c2cccs2)c(-c2cccs2)o1. The molecular weight excluding hydrogens is 252 g/mol. The standard InChI is InChI=1S/C13H8O2S2/c14-12-6-5-9(10-3-1-7-16-10)13(15-12)11-4-2-8-17-11/h1-8H. The van der Waals surface area contributed by atoms with Crippen molar-refractivity contribution in [2.75, 3.05) is 0 Å². The van der Waals surface area contributed by atoms with Gasteiger partial charge in [-0.05, 0) is 29.0 Å². The molecule has 0 aliphatic rings. The summed E-state index contributed by atoms with van der Waals surface area (Å²) in [7, 11) is 0. The van der Waals surface area contributed by atoms with Crippen LogP contribution in [-0.2, 0) is 0 Å². The second kappa shape index (κ2) is 4.31. The number of hydrogen-bond acceptors (Lipinski definition) is 4. The molecule has 3 aromatic heterocycles. The normalized spacial score (nSPS) is 10.6. The third-order valence-corrected chi connectivity index (χ3v) is 4.14. The lowest BCUT2D eigenvalue weighted by Gasteiger charge is -2.03. The summed E-state index contributed by atoms with van der Waals surface area (Å²) in [6.07, 6.45) is 0. The summed E-state index contributed by atoms with van der Waals surface area (Å²) in [5, 5.41) is 3.99. The molecule has 2 nitrogen and oxygen atoms in total. The van der Waals surface area contributed by atoms with Crippen molar-refractivity contribution in [2.24, 2.45) is 0 Å². The lowest BCUT2D eigenvalue weighted by atomic mass is 10.1. The Labute approximate surface area is 106 Å². The monoisotopic (exact) mass is 260 g/mol. The van der Waals surface area contributed by atoms with E-state index in [1.54, 1.807) is 22.7 Å². The molecule has 0 saturated carbocycles. The predicted molar refractivity (Wildman–Crippen MR) is 71.6 cm³/mol. The maximum absolute atomic E-state index is 11.3. The predicted octanol–water partition coefficient (Wildman–Crippen LogP) is 4.10. The van der Waals surface area contributed by atoms with Gasteiger partial charge < -0.3 is 4.42 Å². The van der Waals surface area contributed by atoms with Crippen LogP contribution in [0.15, 0.2) is 56.4 Å². The first kappa shape index (κ1) is 10.5. The van der Waals surface area contributed by atoms with Crippen molar-refractivity contribution in [3.8, 4) is 21.1 Å². The van der Waals surface area contributed by atoms with E-state index < -0.39 is 0 Å².